The van der Waals surface area contributed by atoms with Crippen molar-refractivity contribution < 1.29 is 9.90 Å². The first kappa shape index (κ1) is 10.5. The van der Waals surface area contributed by atoms with Gasteiger partial charge in [0.05, 0.1) is 5.71 Å². The lowest BCUT2D eigenvalue weighted by Gasteiger charge is -1.93. The summed E-state index contributed by atoms with van der Waals surface area (Å²) < 4.78 is 0. The van der Waals surface area contributed by atoms with E-state index in [1.165, 1.54) is 17.5 Å². The van der Waals surface area contributed by atoms with Gasteiger partial charge in [0.2, 0.25) is 0 Å². The molecule has 14 heavy (non-hydrogen) atoms. The lowest BCUT2D eigenvalue weighted by Crippen LogP contribution is -1.97. The first-order valence-electron chi connectivity index (χ1n) is 3.86. The predicted octanol–water partition coefficient (Wildman–Crippen LogP) is 1.34. The van der Waals surface area contributed by atoms with E-state index in [0.717, 1.165) is 5.56 Å². The van der Waals surface area contributed by atoms with Crippen molar-refractivity contribution in [3.63, 3.8) is 0 Å². The van der Waals surface area contributed by atoms with Gasteiger partial charge in [-0.05, 0) is 18.3 Å². The molecule has 0 aromatic carbocycles. The van der Waals surface area contributed by atoms with E-state index >= 15 is 0 Å². The minimum Gasteiger partial charge on any atom is -0.477 e. The smallest absolute Gasteiger partial charge is 0.345 e. The highest BCUT2D eigenvalue weighted by Crippen LogP contribution is 2.15. The van der Waals surface area contributed by atoms with Crippen LogP contribution in [-0.4, -0.2) is 23.8 Å². The molecule has 0 radical (unpaired) electrons. The molecule has 74 valence electrons. The molecule has 5 heteroatoms. The number of nitrogens with zero attached hydrogens (tertiary/aromatic N) is 1. The highest BCUT2D eigenvalue weighted by molar-refractivity contribution is 7.12. The lowest BCUT2D eigenvalue weighted by atomic mass is 10.2. The maximum Gasteiger partial charge on any atom is 0.345 e. The SMILES string of the molecule is CN=C(C=CN)c1csc(C(=O)O)c1. The highest BCUT2D eigenvalue weighted by Gasteiger charge is 2.08. The van der Waals surface area contributed by atoms with E-state index in [9.17, 15) is 4.79 Å². The van der Waals surface area contributed by atoms with Crippen LogP contribution in [0, 0.1) is 0 Å². The molecule has 1 heterocycles. The monoisotopic (exact) mass is 210 g/mol. The van der Waals surface area contributed by atoms with Crippen molar-refractivity contribution in [1.29, 1.82) is 0 Å². The highest BCUT2D eigenvalue weighted by atomic mass is 32.1. The quantitative estimate of drug-likeness (QED) is 0.739. The third-order valence-electron chi connectivity index (χ3n) is 1.60. The molecule has 1 aromatic rings. The van der Waals surface area contributed by atoms with Crippen molar-refractivity contribution in [2.75, 3.05) is 7.05 Å². The molecule has 0 amide bonds. The van der Waals surface area contributed by atoms with Crippen LogP contribution in [0.4, 0.5) is 0 Å². The molecule has 0 unspecified atom stereocenters. The summed E-state index contributed by atoms with van der Waals surface area (Å²) in [4.78, 5) is 14.9. The standard InChI is InChI=1S/C9H10N2O2S/c1-11-7(2-3-10)6-4-8(9(12)13)14-5-6/h2-5H,10H2,1H3,(H,12,13). The van der Waals surface area contributed by atoms with Crippen LogP contribution in [0.15, 0.2) is 28.7 Å². The molecule has 0 aliphatic heterocycles. The number of carbonyl (C=O) groups is 1. The first-order chi connectivity index (χ1) is 6.69. The average Bonchev–Trinajstić information content (AvgIpc) is 2.63. The van der Waals surface area contributed by atoms with Crippen LogP contribution in [-0.2, 0) is 0 Å². The van der Waals surface area contributed by atoms with E-state index < -0.39 is 5.97 Å². The number of nitrogens with two attached hydrogens (primary N) is 1. The van der Waals surface area contributed by atoms with Gasteiger partial charge in [-0.1, -0.05) is 0 Å². The zero-order valence-corrected chi connectivity index (χ0v) is 8.41. The van der Waals surface area contributed by atoms with Crippen LogP contribution in [0.5, 0.6) is 0 Å². The maximum absolute atomic E-state index is 10.6. The Morgan fingerprint density at radius 3 is 2.86 bits per heavy atom. The van der Waals surface area contributed by atoms with E-state index in [1.807, 2.05) is 0 Å². The molecule has 0 spiro atoms. The fraction of sp³-hybridized carbons (Fsp3) is 0.111. The van der Waals surface area contributed by atoms with Gasteiger partial charge in [-0.15, -0.1) is 11.3 Å². The molecule has 0 atom stereocenters. The van der Waals surface area contributed by atoms with Crippen molar-refractivity contribution in [1.82, 2.24) is 0 Å². The van der Waals surface area contributed by atoms with Gasteiger partial charge in [0.15, 0.2) is 0 Å². The van der Waals surface area contributed by atoms with E-state index in [4.69, 9.17) is 10.8 Å². The Morgan fingerprint density at radius 2 is 2.43 bits per heavy atom. The molecule has 1 rings (SSSR count). The summed E-state index contributed by atoms with van der Waals surface area (Å²) in [6.07, 6.45) is 3.01. The maximum atomic E-state index is 10.6. The van der Waals surface area contributed by atoms with Gasteiger partial charge in [-0.2, -0.15) is 0 Å². The van der Waals surface area contributed by atoms with Gasteiger partial charge in [0, 0.05) is 18.0 Å². The lowest BCUT2D eigenvalue weighted by molar-refractivity contribution is 0.0702. The summed E-state index contributed by atoms with van der Waals surface area (Å²) in [6, 6.07) is 1.58. The summed E-state index contributed by atoms with van der Waals surface area (Å²) in [5.41, 5.74) is 6.69. The summed E-state index contributed by atoms with van der Waals surface area (Å²) >= 11 is 1.17. The zero-order chi connectivity index (χ0) is 10.6. The third kappa shape index (κ3) is 2.20. The Bertz CT molecular complexity index is 393. The second-order valence-electron chi connectivity index (χ2n) is 2.47. The number of thiophene rings is 1. The fourth-order valence-corrected chi connectivity index (χ4v) is 1.71. The van der Waals surface area contributed by atoms with E-state index in [0.29, 0.717) is 10.6 Å². The van der Waals surface area contributed by atoms with Crippen molar-refractivity contribution >= 4 is 23.0 Å². The number of aliphatic imine (C=N–C) groups is 1. The van der Waals surface area contributed by atoms with Gasteiger partial charge in [0.25, 0.3) is 0 Å². The molecule has 1 aromatic heterocycles. The number of rotatable bonds is 3. The normalized spacial score (nSPS) is 12.2. The van der Waals surface area contributed by atoms with Gasteiger partial charge < -0.3 is 10.8 Å². The largest absolute Gasteiger partial charge is 0.477 e. The second kappa shape index (κ2) is 4.57. The van der Waals surface area contributed by atoms with Crippen LogP contribution < -0.4 is 5.73 Å². The Morgan fingerprint density at radius 1 is 1.71 bits per heavy atom. The van der Waals surface area contributed by atoms with Crippen molar-refractivity contribution in [2.24, 2.45) is 10.7 Å². The van der Waals surface area contributed by atoms with Crippen LogP contribution in [0.3, 0.4) is 0 Å². The Labute approximate surface area is 85.4 Å². The summed E-state index contributed by atoms with van der Waals surface area (Å²) in [6.45, 7) is 0. The minimum absolute atomic E-state index is 0.298. The van der Waals surface area contributed by atoms with E-state index in [-0.39, 0.29) is 0 Å². The predicted molar refractivity (Wildman–Crippen MR) is 57.1 cm³/mol. The molecule has 0 aliphatic rings. The number of aromatic carboxylic acids is 1. The number of hydrogen-bond donors (Lipinski definition) is 2. The fourth-order valence-electron chi connectivity index (χ4n) is 0.974. The number of hydrogen-bond acceptors (Lipinski definition) is 4. The first-order valence-corrected chi connectivity index (χ1v) is 4.74. The minimum atomic E-state index is -0.923. The van der Waals surface area contributed by atoms with Gasteiger partial charge in [-0.3, -0.25) is 4.99 Å². The molecule has 0 fully saturated rings. The molecule has 0 saturated heterocycles. The van der Waals surface area contributed by atoms with E-state index in [2.05, 4.69) is 4.99 Å². The Balaban J connectivity index is 3.01. The van der Waals surface area contributed by atoms with Crippen LogP contribution in [0.25, 0.3) is 0 Å². The number of carboxylic acid groups (broad SMARTS) is 1. The molecule has 0 aliphatic carbocycles. The summed E-state index contributed by atoms with van der Waals surface area (Å²) in [5, 5.41) is 10.5. The van der Waals surface area contributed by atoms with Crippen LogP contribution in [0.1, 0.15) is 15.2 Å². The van der Waals surface area contributed by atoms with Crippen LogP contribution >= 0.6 is 11.3 Å². The number of carboxylic acids is 1. The van der Waals surface area contributed by atoms with Gasteiger partial charge in [0.1, 0.15) is 4.88 Å². The van der Waals surface area contributed by atoms with Crippen LogP contribution in [0.2, 0.25) is 0 Å². The van der Waals surface area contributed by atoms with Gasteiger partial charge >= 0.3 is 5.97 Å². The van der Waals surface area contributed by atoms with Gasteiger partial charge in [-0.25, -0.2) is 4.79 Å². The molecular formula is C9H10N2O2S. The Hall–Kier alpha value is -1.62. The number of allylic oxidation sites excluding steroid dienone is 1. The third-order valence-corrected chi connectivity index (χ3v) is 2.52. The van der Waals surface area contributed by atoms with E-state index in [1.54, 1.807) is 24.6 Å². The molecule has 4 nitrogen and oxygen atoms in total. The zero-order valence-electron chi connectivity index (χ0n) is 7.60. The topological polar surface area (TPSA) is 75.7 Å². The summed E-state index contributed by atoms with van der Waals surface area (Å²) in [7, 11) is 1.63. The molecule has 0 bridgehead atoms. The molecular weight excluding hydrogens is 200 g/mol. The van der Waals surface area contributed by atoms with Crippen molar-refractivity contribution in [3.8, 4) is 0 Å². The average molecular weight is 210 g/mol. The van der Waals surface area contributed by atoms with Crippen molar-refractivity contribution in [3.05, 3.63) is 34.2 Å². The molecule has 3 N–H and O–H groups in total. The van der Waals surface area contributed by atoms with Crippen molar-refractivity contribution in [2.45, 2.75) is 0 Å². The second-order valence-corrected chi connectivity index (χ2v) is 3.38. The molecule has 0 saturated carbocycles. The Kier molecular flexibility index (Phi) is 3.41. The summed E-state index contributed by atoms with van der Waals surface area (Å²) in [5.74, 6) is -0.923.